The van der Waals surface area contributed by atoms with E-state index in [1.54, 1.807) is 48.1 Å². The van der Waals surface area contributed by atoms with Crippen molar-refractivity contribution in [2.24, 2.45) is 10.9 Å². The summed E-state index contributed by atoms with van der Waals surface area (Å²) in [6, 6.07) is 18.2. The van der Waals surface area contributed by atoms with Crippen molar-refractivity contribution in [2.75, 3.05) is 13.1 Å². The lowest BCUT2D eigenvalue weighted by molar-refractivity contribution is 0.0690. The Morgan fingerprint density at radius 1 is 0.952 bits per heavy atom. The zero-order valence-electron chi connectivity index (χ0n) is 34.7. The highest BCUT2D eigenvalue weighted by atomic mass is 35.5. The molecule has 16 heteroatoms. The van der Waals surface area contributed by atoms with Gasteiger partial charge in [0.2, 0.25) is 0 Å². The van der Waals surface area contributed by atoms with Gasteiger partial charge in [0.05, 0.1) is 40.7 Å². The van der Waals surface area contributed by atoms with Crippen LogP contribution in [0.2, 0.25) is 5.02 Å². The van der Waals surface area contributed by atoms with Gasteiger partial charge in [-0.3, -0.25) is 19.1 Å². The number of rotatable bonds is 10. The maximum atomic E-state index is 13.8. The Labute approximate surface area is 368 Å². The number of hydrogen-bond donors (Lipinski definition) is 1. The first-order valence-corrected chi connectivity index (χ1v) is 22.2. The number of oxazole rings is 1. The third-order valence-corrected chi connectivity index (χ3v) is 13.7. The fourth-order valence-electron chi connectivity index (χ4n) is 8.66. The highest BCUT2D eigenvalue weighted by Crippen LogP contribution is 2.40. The molecule has 2 aromatic carbocycles. The second-order valence-electron chi connectivity index (χ2n) is 16.3. The molecule has 316 valence electrons. The molecule has 4 aromatic heterocycles. The molecule has 1 atom stereocenters. The summed E-state index contributed by atoms with van der Waals surface area (Å²) >= 11 is 7.86. The molecule has 1 saturated heterocycles. The van der Waals surface area contributed by atoms with Gasteiger partial charge in [0, 0.05) is 46.8 Å². The number of aliphatic imine (C=N–C) groups is 1. The quantitative estimate of drug-likeness (QED) is 0.142. The lowest BCUT2D eigenvalue weighted by Gasteiger charge is -2.32. The van der Waals surface area contributed by atoms with Crippen molar-refractivity contribution >= 4 is 40.5 Å². The Balaban J connectivity index is 0.780. The Morgan fingerprint density at radius 2 is 1.74 bits per heavy atom. The first kappa shape index (κ1) is 41.1. The smallest absolute Gasteiger partial charge is 0.272 e. The van der Waals surface area contributed by atoms with E-state index in [0.29, 0.717) is 58.9 Å². The maximum absolute atomic E-state index is 13.8. The van der Waals surface area contributed by atoms with Crippen LogP contribution in [-0.4, -0.2) is 77.6 Å². The summed E-state index contributed by atoms with van der Waals surface area (Å²) in [5, 5.41) is 31.3. The zero-order valence-corrected chi connectivity index (χ0v) is 36.2. The normalized spacial score (nSPS) is 18.9. The Kier molecular flexibility index (Phi) is 11.7. The zero-order chi connectivity index (χ0) is 42.9. The van der Waals surface area contributed by atoms with Crippen LogP contribution in [-0.2, 0) is 12.8 Å². The second kappa shape index (κ2) is 17.6. The van der Waals surface area contributed by atoms with Gasteiger partial charge in [-0.2, -0.15) is 10.4 Å². The number of ether oxygens (including phenoxy) is 1. The van der Waals surface area contributed by atoms with Gasteiger partial charge in [-0.1, -0.05) is 23.7 Å². The van der Waals surface area contributed by atoms with Crippen molar-refractivity contribution in [3.8, 4) is 16.8 Å². The number of carbonyl (C=O) groups excluding carboxylic acids is 2. The molecular formula is C46H45ClN10O4S. The van der Waals surface area contributed by atoms with Crippen LogP contribution in [0.15, 0.2) is 76.5 Å². The number of benzene rings is 2. The van der Waals surface area contributed by atoms with E-state index in [4.69, 9.17) is 31.0 Å². The van der Waals surface area contributed by atoms with Crippen molar-refractivity contribution in [3.63, 3.8) is 0 Å². The predicted molar refractivity (Wildman–Crippen MR) is 233 cm³/mol. The third kappa shape index (κ3) is 8.49. The number of hydrogen-bond acceptors (Lipinski definition) is 12. The van der Waals surface area contributed by atoms with Crippen molar-refractivity contribution in [3.05, 3.63) is 134 Å². The van der Waals surface area contributed by atoms with Crippen LogP contribution >= 0.6 is 22.9 Å². The molecule has 14 nitrogen and oxygen atoms in total. The summed E-state index contributed by atoms with van der Waals surface area (Å²) in [4.78, 5) is 39.6. The van der Waals surface area contributed by atoms with Crippen LogP contribution < -0.4 is 10.1 Å². The summed E-state index contributed by atoms with van der Waals surface area (Å²) in [5.74, 6) is 2.88. The fraction of sp³-hybridized carbons (Fsp3) is 0.370. The molecule has 0 spiro atoms. The van der Waals surface area contributed by atoms with E-state index >= 15 is 0 Å². The first-order valence-electron chi connectivity index (χ1n) is 21.0. The fourth-order valence-corrected chi connectivity index (χ4v) is 10.1. The predicted octanol–water partition coefficient (Wildman–Crippen LogP) is 7.91. The molecule has 2 amide bonds. The Morgan fingerprint density at radius 3 is 2.44 bits per heavy atom. The van der Waals surface area contributed by atoms with Gasteiger partial charge >= 0.3 is 0 Å². The number of likely N-dealkylation sites (tertiary alicyclic amines) is 1. The minimum atomic E-state index is -0.373. The van der Waals surface area contributed by atoms with E-state index < -0.39 is 0 Å². The van der Waals surface area contributed by atoms with E-state index in [9.17, 15) is 9.59 Å². The molecule has 2 aliphatic heterocycles. The van der Waals surface area contributed by atoms with Crippen LogP contribution in [0.25, 0.3) is 5.00 Å². The molecule has 0 bridgehead atoms. The van der Waals surface area contributed by atoms with Crippen molar-refractivity contribution in [1.82, 2.24) is 40.2 Å². The van der Waals surface area contributed by atoms with Gasteiger partial charge in [-0.15, -0.1) is 26.6 Å². The van der Waals surface area contributed by atoms with E-state index in [1.807, 2.05) is 42.2 Å². The van der Waals surface area contributed by atoms with Gasteiger partial charge in [-0.05, 0) is 114 Å². The van der Waals surface area contributed by atoms with E-state index in [0.717, 1.165) is 89.7 Å². The molecule has 1 saturated carbocycles. The van der Waals surface area contributed by atoms with E-state index in [2.05, 4.69) is 55.2 Å². The summed E-state index contributed by atoms with van der Waals surface area (Å²) in [7, 11) is 0. The van der Waals surface area contributed by atoms with Gasteiger partial charge in [0.1, 0.15) is 34.9 Å². The monoisotopic (exact) mass is 868 g/mol. The number of halogens is 1. The minimum Gasteiger partial charge on any atom is -0.490 e. The van der Waals surface area contributed by atoms with Crippen molar-refractivity contribution in [1.29, 1.82) is 5.26 Å². The number of aryl methyl sites for hydroxylation is 2. The number of amides is 2. The molecule has 1 N–H and O–H groups in total. The van der Waals surface area contributed by atoms with Gasteiger partial charge in [0.15, 0.2) is 17.4 Å². The SMILES string of the molecule is Cc1sc2c(c1C)C(c1ccc(C(=O)N3CCC(Cc4ccc(C(=O)NC5CCC(Oc6ccc(C#N)c(Cl)c6)CC5)nn4)CC3)cc1)=N[C@H](Cc1ncco1)c1nnc(C)n1-2. The molecule has 6 heterocycles. The second-order valence-corrected chi connectivity index (χ2v) is 17.9. The lowest BCUT2D eigenvalue weighted by atomic mass is 9.91. The summed E-state index contributed by atoms with van der Waals surface area (Å²) in [5.41, 5.74) is 6.14. The highest BCUT2D eigenvalue weighted by Gasteiger charge is 2.33. The molecule has 1 aliphatic carbocycles. The average Bonchev–Trinajstić information content (AvgIpc) is 4.00. The number of nitrogens with zero attached hydrogens (tertiary/aromatic N) is 9. The van der Waals surface area contributed by atoms with Crippen LogP contribution in [0.3, 0.4) is 0 Å². The minimum absolute atomic E-state index is 0.0112. The number of nitrogens with one attached hydrogen (secondary N) is 1. The Bertz CT molecular complexity index is 2670. The van der Waals surface area contributed by atoms with Crippen LogP contribution in [0.5, 0.6) is 5.75 Å². The Hall–Kier alpha value is -6.24. The molecule has 6 aromatic rings. The lowest BCUT2D eigenvalue weighted by Crippen LogP contribution is -2.40. The van der Waals surface area contributed by atoms with Gasteiger partial charge < -0.3 is 19.4 Å². The van der Waals surface area contributed by atoms with Gasteiger partial charge in [0.25, 0.3) is 11.8 Å². The molecule has 2 fully saturated rings. The standard InChI is InChI=1S/C46H45ClN10O4S/c1-26-27(2)62-46-41(26)42(51-39(24-40-49-18-21-60-40)43-55-52-28(3)57(43)46)30-4-6-31(7-5-30)45(59)56-19-16-29(17-20-56)22-34-11-15-38(54-53-34)44(58)50-33-9-13-35(14-10-33)61-36-12-8-32(25-48)37(47)23-36/h4-8,11-12,15,18,21,23,29,33,35,39H,9-10,13-14,16-17,19-20,22,24H2,1-3H3,(H,50,58)/t33?,35?,39-/m1/s1. The van der Waals surface area contributed by atoms with Crippen LogP contribution in [0.4, 0.5) is 0 Å². The van der Waals surface area contributed by atoms with Crippen LogP contribution in [0, 0.1) is 38.0 Å². The molecule has 9 rings (SSSR count). The van der Waals surface area contributed by atoms with Crippen molar-refractivity contribution in [2.45, 2.75) is 90.3 Å². The summed E-state index contributed by atoms with van der Waals surface area (Å²) < 4.78 is 13.8. The third-order valence-electron chi connectivity index (χ3n) is 12.2. The topological polar surface area (TPSA) is 177 Å². The van der Waals surface area contributed by atoms with E-state index in [-0.39, 0.29) is 30.0 Å². The largest absolute Gasteiger partial charge is 0.490 e. The summed E-state index contributed by atoms with van der Waals surface area (Å²) in [6.07, 6.45) is 9.22. The number of nitriles is 1. The van der Waals surface area contributed by atoms with E-state index in [1.165, 1.54) is 4.88 Å². The number of thiophene rings is 1. The molecule has 0 radical (unpaired) electrons. The van der Waals surface area contributed by atoms with Gasteiger partial charge in [-0.25, -0.2) is 4.98 Å². The summed E-state index contributed by atoms with van der Waals surface area (Å²) in [6.45, 7) is 7.51. The molecule has 0 unspecified atom stereocenters. The van der Waals surface area contributed by atoms with Crippen LogP contribution in [0.1, 0.15) is 116 Å². The molecular weight excluding hydrogens is 824 g/mol. The molecule has 3 aliphatic rings. The maximum Gasteiger partial charge on any atom is 0.272 e. The molecule has 62 heavy (non-hydrogen) atoms. The first-order chi connectivity index (χ1) is 30.1. The number of piperidine rings is 1. The highest BCUT2D eigenvalue weighted by molar-refractivity contribution is 7.15. The number of fused-ring (bicyclic) bond motifs is 3. The van der Waals surface area contributed by atoms with Crippen molar-refractivity contribution < 1.29 is 18.7 Å². The number of aromatic nitrogens is 6. The number of carbonyl (C=O) groups is 2. The average molecular weight is 869 g/mol.